The lowest BCUT2D eigenvalue weighted by atomic mass is 10.2. The first-order chi connectivity index (χ1) is 10.2. The molecule has 1 aliphatic rings. The van der Waals surface area contributed by atoms with Gasteiger partial charge in [0.15, 0.2) is 5.88 Å². The molecule has 0 spiro atoms. The molecule has 0 amide bonds. The number of hydrogen-bond acceptors (Lipinski definition) is 5. The lowest BCUT2D eigenvalue weighted by Gasteiger charge is -2.30. The third kappa shape index (κ3) is 4.70. The highest BCUT2D eigenvalue weighted by Gasteiger charge is 2.21. The standard InChI is InChI=1S/C17H23NO3S/c1-12(21-17(3,4)5)18-8-9-22-16-7-6-15(20-13(2)19)10-14(16)11-18/h6-7,10H,1,8-9,11H2,2-5H3. The predicted octanol–water partition coefficient (Wildman–Crippen LogP) is 3.81. The molecule has 120 valence electrons. The minimum Gasteiger partial charge on any atom is -0.474 e. The minimum atomic E-state index is -0.307. The summed E-state index contributed by atoms with van der Waals surface area (Å²) in [5.74, 6) is 1.92. The number of ether oxygens (including phenoxy) is 2. The van der Waals surface area contributed by atoms with E-state index in [1.807, 2.05) is 39.0 Å². The number of rotatable bonds is 3. The van der Waals surface area contributed by atoms with E-state index in [1.54, 1.807) is 11.8 Å². The van der Waals surface area contributed by atoms with E-state index < -0.39 is 0 Å². The van der Waals surface area contributed by atoms with Crippen LogP contribution < -0.4 is 4.74 Å². The molecule has 1 heterocycles. The summed E-state index contributed by atoms with van der Waals surface area (Å²) >= 11 is 1.80. The Morgan fingerprint density at radius 2 is 2.09 bits per heavy atom. The molecule has 0 unspecified atom stereocenters. The van der Waals surface area contributed by atoms with Gasteiger partial charge in [0.05, 0.1) is 0 Å². The molecule has 0 aromatic heterocycles. The third-order valence-corrected chi connectivity index (χ3v) is 4.15. The van der Waals surface area contributed by atoms with Crippen LogP contribution in [0.4, 0.5) is 0 Å². The van der Waals surface area contributed by atoms with E-state index in [4.69, 9.17) is 9.47 Å². The van der Waals surface area contributed by atoms with Gasteiger partial charge in [-0.2, -0.15) is 0 Å². The van der Waals surface area contributed by atoms with Gasteiger partial charge in [0.25, 0.3) is 0 Å². The van der Waals surface area contributed by atoms with Gasteiger partial charge in [-0.1, -0.05) is 0 Å². The summed E-state index contributed by atoms with van der Waals surface area (Å²) in [6.07, 6.45) is 0. The number of carbonyl (C=O) groups excluding carboxylic acids is 1. The first-order valence-electron chi connectivity index (χ1n) is 7.31. The van der Waals surface area contributed by atoms with Gasteiger partial charge in [-0.25, -0.2) is 0 Å². The molecule has 0 saturated carbocycles. The molecular weight excluding hydrogens is 298 g/mol. The Hall–Kier alpha value is -1.62. The van der Waals surface area contributed by atoms with Crippen LogP contribution in [0.3, 0.4) is 0 Å². The normalized spacial score (nSPS) is 14.8. The van der Waals surface area contributed by atoms with Crippen LogP contribution in [0, 0.1) is 0 Å². The summed E-state index contributed by atoms with van der Waals surface area (Å²) in [6, 6.07) is 5.77. The number of thioether (sulfide) groups is 1. The summed E-state index contributed by atoms with van der Waals surface area (Å²) in [5, 5.41) is 0. The highest BCUT2D eigenvalue weighted by molar-refractivity contribution is 7.99. The second-order valence-electron chi connectivity index (χ2n) is 6.24. The molecule has 0 radical (unpaired) electrons. The zero-order chi connectivity index (χ0) is 16.3. The van der Waals surface area contributed by atoms with Crippen LogP contribution in [-0.2, 0) is 16.1 Å². The first-order valence-corrected chi connectivity index (χ1v) is 8.30. The third-order valence-electron chi connectivity index (χ3n) is 3.05. The topological polar surface area (TPSA) is 38.8 Å². The highest BCUT2D eigenvalue weighted by Crippen LogP contribution is 2.32. The van der Waals surface area contributed by atoms with E-state index in [0.29, 0.717) is 18.2 Å². The van der Waals surface area contributed by atoms with E-state index in [1.165, 1.54) is 11.8 Å². The lowest BCUT2D eigenvalue weighted by molar-refractivity contribution is -0.131. The first kappa shape index (κ1) is 16.7. The molecule has 1 aromatic carbocycles. The van der Waals surface area contributed by atoms with E-state index in [0.717, 1.165) is 17.9 Å². The monoisotopic (exact) mass is 321 g/mol. The average Bonchev–Trinajstić information content (AvgIpc) is 2.57. The summed E-state index contributed by atoms with van der Waals surface area (Å²) in [5.41, 5.74) is 0.860. The zero-order valence-electron chi connectivity index (χ0n) is 13.6. The zero-order valence-corrected chi connectivity index (χ0v) is 14.5. The van der Waals surface area contributed by atoms with Crippen LogP contribution in [-0.4, -0.2) is 28.8 Å². The molecule has 1 aromatic rings. The van der Waals surface area contributed by atoms with Crippen molar-refractivity contribution < 1.29 is 14.3 Å². The molecule has 2 rings (SSSR count). The molecule has 0 N–H and O–H groups in total. The Labute approximate surface area is 136 Å². The summed E-state index contributed by atoms with van der Waals surface area (Å²) in [7, 11) is 0. The molecule has 0 fully saturated rings. The SMILES string of the molecule is C=C(OC(C)(C)C)N1CCSc2ccc(OC(C)=O)cc2C1. The summed E-state index contributed by atoms with van der Waals surface area (Å²) in [4.78, 5) is 14.4. The summed E-state index contributed by atoms with van der Waals surface area (Å²) in [6.45, 7) is 13.1. The average molecular weight is 321 g/mol. The van der Waals surface area contributed by atoms with Gasteiger partial charge in [0, 0.05) is 30.7 Å². The Morgan fingerprint density at radius 1 is 1.36 bits per heavy atom. The van der Waals surface area contributed by atoms with Crippen molar-refractivity contribution in [2.75, 3.05) is 12.3 Å². The van der Waals surface area contributed by atoms with Crippen LogP contribution >= 0.6 is 11.8 Å². The van der Waals surface area contributed by atoms with Gasteiger partial charge in [-0.05, 0) is 51.1 Å². The second kappa shape index (κ2) is 6.65. The van der Waals surface area contributed by atoms with Crippen LogP contribution in [0.2, 0.25) is 0 Å². The molecular formula is C17H23NO3S. The molecule has 4 nitrogen and oxygen atoms in total. The van der Waals surface area contributed by atoms with E-state index in [-0.39, 0.29) is 11.6 Å². The van der Waals surface area contributed by atoms with Gasteiger partial charge in [0.2, 0.25) is 0 Å². The lowest BCUT2D eigenvalue weighted by Crippen LogP contribution is -2.30. The van der Waals surface area contributed by atoms with Crippen molar-refractivity contribution in [2.24, 2.45) is 0 Å². The fraction of sp³-hybridized carbons (Fsp3) is 0.471. The smallest absolute Gasteiger partial charge is 0.308 e. The number of fused-ring (bicyclic) bond motifs is 1. The van der Waals surface area contributed by atoms with Gasteiger partial charge >= 0.3 is 5.97 Å². The predicted molar refractivity (Wildman–Crippen MR) is 88.9 cm³/mol. The largest absolute Gasteiger partial charge is 0.474 e. The summed E-state index contributed by atoms with van der Waals surface area (Å²) < 4.78 is 11.1. The van der Waals surface area contributed by atoms with Gasteiger partial charge in [-0.15, -0.1) is 11.8 Å². The number of nitrogens with zero attached hydrogens (tertiary/aromatic N) is 1. The van der Waals surface area contributed by atoms with E-state index in [2.05, 4.69) is 11.5 Å². The van der Waals surface area contributed by atoms with Crippen molar-refractivity contribution in [3.63, 3.8) is 0 Å². The number of benzene rings is 1. The van der Waals surface area contributed by atoms with Crippen molar-refractivity contribution in [1.82, 2.24) is 4.90 Å². The fourth-order valence-corrected chi connectivity index (χ4v) is 3.24. The van der Waals surface area contributed by atoms with Crippen molar-refractivity contribution in [2.45, 2.75) is 44.7 Å². The molecule has 22 heavy (non-hydrogen) atoms. The quantitative estimate of drug-likeness (QED) is 0.481. The van der Waals surface area contributed by atoms with Crippen molar-refractivity contribution in [1.29, 1.82) is 0 Å². The fourth-order valence-electron chi connectivity index (χ4n) is 2.23. The molecule has 0 aliphatic carbocycles. The van der Waals surface area contributed by atoms with Gasteiger partial charge < -0.3 is 14.4 Å². The van der Waals surface area contributed by atoms with Crippen molar-refractivity contribution in [3.05, 3.63) is 36.2 Å². The highest BCUT2D eigenvalue weighted by atomic mass is 32.2. The molecule has 5 heteroatoms. The Kier molecular flexibility index (Phi) is 5.06. The Balaban J connectivity index is 2.17. The molecule has 0 bridgehead atoms. The maximum absolute atomic E-state index is 11.1. The van der Waals surface area contributed by atoms with E-state index in [9.17, 15) is 4.79 Å². The van der Waals surface area contributed by atoms with Crippen molar-refractivity contribution >= 4 is 17.7 Å². The van der Waals surface area contributed by atoms with Gasteiger partial charge in [-0.3, -0.25) is 4.79 Å². The van der Waals surface area contributed by atoms with Gasteiger partial charge in [0.1, 0.15) is 11.4 Å². The van der Waals surface area contributed by atoms with Crippen LogP contribution in [0.15, 0.2) is 35.6 Å². The number of esters is 1. The minimum absolute atomic E-state index is 0.265. The number of hydrogen-bond donors (Lipinski definition) is 0. The molecule has 1 aliphatic heterocycles. The van der Waals surface area contributed by atoms with Crippen LogP contribution in [0.25, 0.3) is 0 Å². The number of carbonyl (C=O) groups is 1. The molecule has 0 saturated heterocycles. The maximum atomic E-state index is 11.1. The van der Waals surface area contributed by atoms with Crippen LogP contribution in [0.5, 0.6) is 5.75 Å². The maximum Gasteiger partial charge on any atom is 0.308 e. The molecule has 0 atom stereocenters. The van der Waals surface area contributed by atoms with Crippen molar-refractivity contribution in [3.8, 4) is 5.75 Å². The van der Waals surface area contributed by atoms with Crippen LogP contribution in [0.1, 0.15) is 33.3 Å². The Bertz CT molecular complexity index is 578. The van der Waals surface area contributed by atoms with E-state index >= 15 is 0 Å². The second-order valence-corrected chi connectivity index (χ2v) is 7.38. The Morgan fingerprint density at radius 3 is 2.73 bits per heavy atom.